The first kappa shape index (κ1) is 23.1. The maximum atomic E-state index is 12.8. The monoisotopic (exact) mass is 453 g/mol. The van der Waals surface area contributed by atoms with Crippen molar-refractivity contribution in [3.05, 3.63) is 54.4 Å². The molecular formula is C26H35N3O2S. The Kier molecular flexibility index (Phi) is 8.09. The number of amides is 1. The van der Waals surface area contributed by atoms with E-state index >= 15 is 0 Å². The van der Waals surface area contributed by atoms with Crippen molar-refractivity contribution in [2.24, 2.45) is 0 Å². The largest absolute Gasteiger partial charge is 0.490 e. The SMILES string of the molecule is CC(C)Sc1ccc(CC(=O)N2CCC(N3CCC(Oc4ccncc4)CC3)CC2)cc1. The molecular weight excluding hydrogens is 418 g/mol. The van der Waals surface area contributed by atoms with Crippen molar-refractivity contribution < 1.29 is 9.53 Å². The van der Waals surface area contributed by atoms with Gasteiger partial charge in [-0.15, -0.1) is 11.8 Å². The van der Waals surface area contributed by atoms with Gasteiger partial charge in [-0.05, 0) is 55.5 Å². The number of pyridine rings is 1. The number of thioether (sulfide) groups is 1. The van der Waals surface area contributed by atoms with E-state index in [-0.39, 0.29) is 5.91 Å². The summed E-state index contributed by atoms with van der Waals surface area (Å²) in [6.07, 6.45) is 8.63. The first-order valence-corrected chi connectivity index (χ1v) is 12.8. The van der Waals surface area contributed by atoms with Crippen LogP contribution >= 0.6 is 11.8 Å². The maximum Gasteiger partial charge on any atom is 0.226 e. The van der Waals surface area contributed by atoms with Crippen molar-refractivity contribution in [3.8, 4) is 5.75 Å². The van der Waals surface area contributed by atoms with Crippen LogP contribution < -0.4 is 4.74 Å². The number of likely N-dealkylation sites (tertiary alicyclic amines) is 2. The normalized spacial score (nSPS) is 18.8. The second-order valence-electron chi connectivity index (χ2n) is 9.14. The van der Waals surface area contributed by atoms with Crippen molar-refractivity contribution in [1.29, 1.82) is 0 Å². The second kappa shape index (κ2) is 11.2. The molecule has 2 saturated heterocycles. The fourth-order valence-corrected chi connectivity index (χ4v) is 5.53. The van der Waals surface area contributed by atoms with Gasteiger partial charge in [-0.1, -0.05) is 26.0 Å². The molecule has 1 amide bonds. The van der Waals surface area contributed by atoms with Crippen LogP contribution in [0.5, 0.6) is 5.75 Å². The molecule has 2 aliphatic rings. The number of hydrogen-bond acceptors (Lipinski definition) is 5. The molecule has 0 atom stereocenters. The first-order chi connectivity index (χ1) is 15.6. The molecule has 1 aromatic heterocycles. The minimum absolute atomic E-state index is 0.261. The Morgan fingerprint density at radius 2 is 1.66 bits per heavy atom. The van der Waals surface area contributed by atoms with Crippen LogP contribution in [-0.4, -0.2) is 64.3 Å². The Hall–Kier alpha value is -2.05. The number of carbonyl (C=O) groups excluding carboxylic acids is 1. The third-order valence-electron chi connectivity index (χ3n) is 6.41. The van der Waals surface area contributed by atoms with Crippen molar-refractivity contribution in [2.45, 2.75) is 68.2 Å². The Labute approximate surface area is 196 Å². The Bertz CT molecular complexity index is 843. The van der Waals surface area contributed by atoms with Crippen molar-refractivity contribution in [1.82, 2.24) is 14.8 Å². The summed E-state index contributed by atoms with van der Waals surface area (Å²) in [5.41, 5.74) is 1.11. The number of benzene rings is 1. The van der Waals surface area contributed by atoms with Gasteiger partial charge in [0.15, 0.2) is 0 Å². The van der Waals surface area contributed by atoms with Gasteiger partial charge in [-0.3, -0.25) is 14.7 Å². The fourth-order valence-electron chi connectivity index (χ4n) is 4.69. The summed E-state index contributed by atoms with van der Waals surface area (Å²) in [5.74, 6) is 1.18. The lowest BCUT2D eigenvalue weighted by Crippen LogP contribution is -2.50. The molecule has 172 valence electrons. The van der Waals surface area contributed by atoms with E-state index in [9.17, 15) is 4.79 Å². The summed E-state index contributed by atoms with van der Waals surface area (Å²) in [7, 11) is 0. The average Bonchev–Trinajstić information content (AvgIpc) is 2.81. The number of hydrogen-bond donors (Lipinski definition) is 0. The topological polar surface area (TPSA) is 45.7 Å². The summed E-state index contributed by atoms with van der Waals surface area (Å²) >= 11 is 1.86. The van der Waals surface area contributed by atoms with E-state index < -0.39 is 0 Å². The molecule has 2 fully saturated rings. The van der Waals surface area contributed by atoms with Gasteiger partial charge in [0.05, 0.1) is 6.42 Å². The number of nitrogens with zero attached hydrogens (tertiary/aromatic N) is 3. The highest BCUT2D eigenvalue weighted by atomic mass is 32.2. The molecule has 2 aliphatic heterocycles. The van der Waals surface area contributed by atoms with Gasteiger partial charge < -0.3 is 9.64 Å². The van der Waals surface area contributed by atoms with Gasteiger partial charge in [-0.2, -0.15) is 0 Å². The van der Waals surface area contributed by atoms with Crippen LogP contribution in [-0.2, 0) is 11.2 Å². The van der Waals surface area contributed by atoms with Gasteiger partial charge in [0.2, 0.25) is 5.91 Å². The summed E-state index contributed by atoms with van der Waals surface area (Å²) in [5, 5.41) is 0.573. The summed E-state index contributed by atoms with van der Waals surface area (Å²) in [6, 6.07) is 12.9. The maximum absolute atomic E-state index is 12.8. The molecule has 2 aromatic rings. The van der Waals surface area contributed by atoms with E-state index in [1.807, 2.05) is 23.9 Å². The van der Waals surface area contributed by atoms with Crippen LogP contribution in [0.2, 0.25) is 0 Å². The van der Waals surface area contributed by atoms with Gasteiger partial charge in [0.1, 0.15) is 11.9 Å². The zero-order valence-electron chi connectivity index (χ0n) is 19.3. The summed E-state index contributed by atoms with van der Waals surface area (Å²) in [6.45, 7) is 8.30. The van der Waals surface area contributed by atoms with Gasteiger partial charge >= 0.3 is 0 Å². The molecule has 0 bridgehead atoms. The highest BCUT2D eigenvalue weighted by Crippen LogP contribution is 2.25. The Morgan fingerprint density at radius 3 is 2.28 bits per heavy atom. The molecule has 6 heteroatoms. The molecule has 1 aromatic carbocycles. The Morgan fingerprint density at radius 1 is 1.00 bits per heavy atom. The molecule has 0 saturated carbocycles. The molecule has 0 unspecified atom stereocenters. The minimum atomic E-state index is 0.261. The number of rotatable bonds is 7. The number of piperidine rings is 2. The standard InChI is InChI=1S/C26H35N3O2S/c1-20(2)32-25-5-3-21(4-6-25)19-26(30)29-15-9-22(10-16-29)28-17-11-24(12-18-28)31-23-7-13-27-14-8-23/h3-8,13-14,20,22,24H,9-12,15-19H2,1-2H3. The third kappa shape index (κ3) is 6.48. The molecule has 0 radical (unpaired) electrons. The van der Waals surface area contributed by atoms with E-state index in [1.54, 1.807) is 12.4 Å². The summed E-state index contributed by atoms with van der Waals surface area (Å²) in [4.78, 5) is 22.8. The average molecular weight is 454 g/mol. The molecule has 4 rings (SSSR count). The van der Waals surface area contributed by atoms with E-state index in [2.05, 4.69) is 52.9 Å². The lowest BCUT2D eigenvalue weighted by molar-refractivity contribution is -0.132. The van der Waals surface area contributed by atoms with Crippen LogP contribution in [0.3, 0.4) is 0 Å². The molecule has 5 nitrogen and oxygen atoms in total. The zero-order chi connectivity index (χ0) is 22.3. The van der Waals surface area contributed by atoms with Crippen molar-refractivity contribution >= 4 is 17.7 Å². The van der Waals surface area contributed by atoms with Crippen LogP contribution in [0.15, 0.2) is 53.7 Å². The van der Waals surface area contributed by atoms with Crippen LogP contribution in [0.25, 0.3) is 0 Å². The lowest BCUT2D eigenvalue weighted by Gasteiger charge is -2.41. The quantitative estimate of drug-likeness (QED) is 0.571. The highest BCUT2D eigenvalue weighted by Gasteiger charge is 2.30. The Balaban J connectivity index is 1.18. The van der Waals surface area contributed by atoms with E-state index in [1.165, 1.54) is 4.90 Å². The molecule has 0 spiro atoms. The van der Waals surface area contributed by atoms with E-state index in [4.69, 9.17) is 4.74 Å². The van der Waals surface area contributed by atoms with E-state index in [0.29, 0.717) is 23.8 Å². The van der Waals surface area contributed by atoms with Crippen LogP contribution in [0.1, 0.15) is 45.1 Å². The summed E-state index contributed by atoms with van der Waals surface area (Å²) < 4.78 is 6.10. The fraction of sp³-hybridized carbons (Fsp3) is 0.538. The predicted octanol–water partition coefficient (Wildman–Crippen LogP) is 4.66. The van der Waals surface area contributed by atoms with Gasteiger partial charge in [-0.25, -0.2) is 0 Å². The van der Waals surface area contributed by atoms with Gasteiger partial charge in [0.25, 0.3) is 0 Å². The highest BCUT2D eigenvalue weighted by molar-refractivity contribution is 7.99. The number of ether oxygens (including phenoxy) is 1. The first-order valence-electron chi connectivity index (χ1n) is 11.9. The van der Waals surface area contributed by atoms with Gasteiger partial charge in [0, 0.05) is 54.8 Å². The number of aromatic nitrogens is 1. The van der Waals surface area contributed by atoms with E-state index in [0.717, 1.165) is 63.2 Å². The van der Waals surface area contributed by atoms with Crippen LogP contribution in [0, 0.1) is 0 Å². The van der Waals surface area contributed by atoms with Crippen molar-refractivity contribution in [2.75, 3.05) is 26.2 Å². The number of carbonyl (C=O) groups is 1. The molecule has 0 N–H and O–H groups in total. The molecule has 0 aliphatic carbocycles. The zero-order valence-corrected chi connectivity index (χ0v) is 20.1. The molecule has 3 heterocycles. The smallest absolute Gasteiger partial charge is 0.226 e. The van der Waals surface area contributed by atoms with Crippen molar-refractivity contribution in [3.63, 3.8) is 0 Å². The lowest BCUT2D eigenvalue weighted by atomic mass is 9.98. The third-order valence-corrected chi connectivity index (χ3v) is 7.43. The predicted molar refractivity (Wildman–Crippen MR) is 130 cm³/mol. The van der Waals surface area contributed by atoms with Crippen LogP contribution in [0.4, 0.5) is 0 Å². The minimum Gasteiger partial charge on any atom is -0.490 e. The second-order valence-corrected chi connectivity index (χ2v) is 10.8. The molecule has 32 heavy (non-hydrogen) atoms.